The molecule has 0 amide bonds. The van der Waals surface area contributed by atoms with E-state index < -0.39 is 17.5 Å². The summed E-state index contributed by atoms with van der Waals surface area (Å²) in [5, 5.41) is 3.52. The van der Waals surface area contributed by atoms with Crippen LogP contribution >= 0.6 is 0 Å². The van der Waals surface area contributed by atoms with Crippen molar-refractivity contribution in [2.45, 2.75) is 45.2 Å². The summed E-state index contributed by atoms with van der Waals surface area (Å²) in [4.78, 5) is 1.95. The van der Waals surface area contributed by atoms with E-state index in [0.717, 1.165) is 31.5 Å². The average molecular weight is 286 g/mol. The molecule has 0 aliphatic carbocycles. The molecule has 0 saturated carbocycles. The summed E-state index contributed by atoms with van der Waals surface area (Å²) in [6.07, 6.45) is 1.86. The van der Waals surface area contributed by atoms with Crippen LogP contribution in [0, 0.1) is 17.5 Å². The molecule has 1 aromatic rings. The molecule has 1 heterocycles. The third-order valence-corrected chi connectivity index (χ3v) is 4.43. The Morgan fingerprint density at radius 1 is 1.20 bits per heavy atom. The molecule has 0 aromatic heterocycles. The highest BCUT2D eigenvalue weighted by atomic mass is 19.2. The van der Waals surface area contributed by atoms with Gasteiger partial charge in [0.1, 0.15) is 0 Å². The third kappa shape index (κ3) is 2.64. The number of benzene rings is 1. The summed E-state index contributed by atoms with van der Waals surface area (Å²) in [6.45, 7) is 7.57. The van der Waals surface area contributed by atoms with Gasteiger partial charge in [0, 0.05) is 42.5 Å². The van der Waals surface area contributed by atoms with Gasteiger partial charge in [-0.05, 0) is 19.8 Å². The zero-order valence-corrected chi connectivity index (χ0v) is 12.1. The Bertz CT molecular complexity index is 463. The maximum absolute atomic E-state index is 13.4. The largest absolute Gasteiger partial charge is 0.366 e. The molecule has 0 bridgehead atoms. The Kier molecular flexibility index (Phi) is 4.28. The molecule has 0 spiro atoms. The number of hydrogen-bond acceptors (Lipinski definition) is 2. The van der Waals surface area contributed by atoms with Crippen LogP contribution in [0.2, 0.25) is 0 Å². The lowest BCUT2D eigenvalue weighted by atomic mass is 9.88. The minimum absolute atomic E-state index is 0.0617. The number of hydrogen-bond donors (Lipinski definition) is 1. The predicted octanol–water partition coefficient (Wildman–Crippen LogP) is 3.46. The van der Waals surface area contributed by atoms with Gasteiger partial charge >= 0.3 is 0 Å². The van der Waals surface area contributed by atoms with Gasteiger partial charge in [0.15, 0.2) is 17.5 Å². The summed E-state index contributed by atoms with van der Waals surface area (Å²) >= 11 is 0. The van der Waals surface area contributed by atoms with Gasteiger partial charge in [-0.3, -0.25) is 0 Å². The molecule has 1 unspecified atom stereocenters. The quantitative estimate of drug-likeness (QED) is 0.856. The molecule has 112 valence electrons. The van der Waals surface area contributed by atoms with Gasteiger partial charge in [-0.1, -0.05) is 13.8 Å². The summed E-state index contributed by atoms with van der Waals surface area (Å²) in [6, 6.07) is 2.26. The normalized spacial score (nSPS) is 22.1. The lowest BCUT2D eigenvalue weighted by molar-refractivity contribution is 0.253. The topological polar surface area (TPSA) is 15.3 Å². The molecule has 1 aliphatic heterocycles. The lowest BCUT2D eigenvalue weighted by Crippen LogP contribution is -2.63. The molecule has 1 fully saturated rings. The number of nitrogens with one attached hydrogen (secondary N) is 1. The number of halogens is 3. The fourth-order valence-electron chi connectivity index (χ4n) is 2.79. The van der Waals surface area contributed by atoms with Gasteiger partial charge in [-0.2, -0.15) is 0 Å². The highest BCUT2D eigenvalue weighted by Gasteiger charge is 2.35. The van der Waals surface area contributed by atoms with Crippen LogP contribution in [0.15, 0.2) is 12.1 Å². The molecule has 2 nitrogen and oxygen atoms in total. The van der Waals surface area contributed by atoms with Gasteiger partial charge in [-0.25, -0.2) is 13.2 Å². The van der Waals surface area contributed by atoms with Crippen LogP contribution in [0.1, 0.15) is 33.6 Å². The summed E-state index contributed by atoms with van der Waals surface area (Å²) in [5.41, 5.74) is 0.343. The van der Waals surface area contributed by atoms with Crippen molar-refractivity contribution in [2.24, 2.45) is 0 Å². The highest BCUT2D eigenvalue weighted by Crippen LogP contribution is 2.29. The molecule has 0 radical (unpaired) electrons. The van der Waals surface area contributed by atoms with Crippen LogP contribution in [0.4, 0.5) is 18.9 Å². The number of rotatable bonds is 3. The second kappa shape index (κ2) is 5.64. The zero-order valence-electron chi connectivity index (χ0n) is 12.1. The van der Waals surface area contributed by atoms with Gasteiger partial charge < -0.3 is 10.2 Å². The predicted molar refractivity (Wildman–Crippen MR) is 74.4 cm³/mol. The minimum atomic E-state index is -1.41. The standard InChI is InChI=1S/C15H21F3N2/c1-4-15(5-2)9-20(10(3)8-19-15)11-6-12(16)14(18)13(17)7-11/h6-7,10,19H,4-5,8-9H2,1-3H3. The van der Waals surface area contributed by atoms with Gasteiger partial charge in [0.25, 0.3) is 0 Å². The van der Waals surface area contributed by atoms with Crippen LogP contribution in [0.3, 0.4) is 0 Å². The summed E-state index contributed by atoms with van der Waals surface area (Å²) in [5.74, 6) is -3.68. The third-order valence-electron chi connectivity index (χ3n) is 4.43. The highest BCUT2D eigenvalue weighted by molar-refractivity contribution is 5.49. The average Bonchev–Trinajstić information content (AvgIpc) is 2.45. The van der Waals surface area contributed by atoms with E-state index in [1.54, 1.807) is 0 Å². The molecule has 1 saturated heterocycles. The van der Waals surface area contributed by atoms with Gasteiger partial charge in [0.05, 0.1) is 0 Å². The number of nitrogens with zero attached hydrogens (tertiary/aromatic N) is 1. The van der Waals surface area contributed by atoms with Crippen molar-refractivity contribution < 1.29 is 13.2 Å². The van der Waals surface area contributed by atoms with E-state index in [0.29, 0.717) is 12.2 Å². The van der Waals surface area contributed by atoms with Crippen LogP contribution in [0.5, 0.6) is 0 Å². The van der Waals surface area contributed by atoms with Crippen molar-refractivity contribution in [3.05, 3.63) is 29.6 Å². The Hall–Kier alpha value is -1.23. The molecule has 1 aromatic carbocycles. The fraction of sp³-hybridized carbons (Fsp3) is 0.600. The van der Waals surface area contributed by atoms with Crippen molar-refractivity contribution in [1.82, 2.24) is 5.32 Å². The van der Waals surface area contributed by atoms with Crippen molar-refractivity contribution in [2.75, 3.05) is 18.0 Å². The number of anilines is 1. The Labute approximate surface area is 118 Å². The van der Waals surface area contributed by atoms with Gasteiger partial charge in [-0.15, -0.1) is 0 Å². The first kappa shape index (κ1) is 15.2. The van der Waals surface area contributed by atoms with Gasteiger partial charge in [0.2, 0.25) is 0 Å². The summed E-state index contributed by atoms with van der Waals surface area (Å²) in [7, 11) is 0. The van der Waals surface area contributed by atoms with E-state index in [2.05, 4.69) is 19.2 Å². The van der Waals surface area contributed by atoms with E-state index >= 15 is 0 Å². The molecule has 1 aliphatic rings. The monoisotopic (exact) mass is 286 g/mol. The van der Waals surface area contributed by atoms with Crippen molar-refractivity contribution in [3.8, 4) is 0 Å². The second-order valence-electron chi connectivity index (χ2n) is 5.57. The fourth-order valence-corrected chi connectivity index (χ4v) is 2.79. The minimum Gasteiger partial charge on any atom is -0.366 e. The van der Waals surface area contributed by atoms with Crippen LogP contribution in [-0.2, 0) is 0 Å². The first-order valence-electron chi connectivity index (χ1n) is 7.08. The molecular formula is C15H21F3N2. The van der Waals surface area contributed by atoms with Crippen molar-refractivity contribution in [1.29, 1.82) is 0 Å². The van der Waals surface area contributed by atoms with Crippen LogP contribution in [-0.4, -0.2) is 24.7 Å². The van der Waals surface area contributed by atoms with Crippen LogP contribution < -0.4 is 10.2 Å². The molecule has 2 rings (SSSR count). The molecule has 5 heteroatoms. The molecule has 20 heavy (non-hydrogen) atoms. The van der Waals surface area contributed by atoms with E-state index in [9.17, 15) is 13.2 Å². The molecule has 1 N–H and O–H groups in total. The Balaban J connectivity index is 2.34. The first-order valence-corrected chi connectivity index (χ1v) is 7.08. The lowest BCUT2D eigenvalue weighted by Gasteiger charge is -2.47. The second-order valence-corrected chi connectivity index (χ2v) is 5.57. The van der Waals surface area contributed by atoms with E-state index in [1.807, 2.05) is 11.8 Å². The maximum Gasteiger partial charge on any atom is 0.194 e. The number of piperazine rings is 1. The van der Waals surface area contributed by atoms with E-state index in [1.165, 1.54) is 0 Å². The Morgan fingerprint density at radius 3 is 2.25 bits per heavy atom. The summed E-state index contributed by atoms with van der Waals surface area (Å²) < 4.78 is 39.9. The van der Waals surface area contributed by atoms with Crippen molar-refractivity contribution in [3.63, 3.8) is 0 Å². The molecule has 1 atom stereocenters. The van der Waals surface area contributed by atoms with E-state index in [-0.39, 0.29) is 11.6 Å². The van der Waals surface area contributed by atoms with Crippen LogP contribution in [0.25, 0.3) is 0 Å². The smallest absolute Gasteiger partial charge is 0.194 e. The zero-order chi connectivity index (χ0) is 14.9. The maximum atomic E-state index is 13.4. The first-order chi connectivity index (χ1) is 9.42. The van der Waals surface area contributed by atoms with Crippen molar-refractivity contribution >= 4 is 5.69 Å². The molecular weight excluding hydrogens is 265 g/mol. The Morgan fingerprint density at radius 2 is 1.75 bits per heavy atom. The van der Waals surface area contributed by atoms with E-state index in [4.69, 9.17) is 0 Å². The SMILES string of the molecule is CCC1(CC)CN(c2cc(F)c(F)c(F)c2)C(C)CN1.